The normalized spacial score (nSPS) is 21.4. The van der Waals surface area contributed by atoms with Crippen LogP contribution in [0.15, 0.2) is 0 Å². The first kappa shape index (κ1) is 20.7. The van der Waals surface area contributed by atoms with Gasteiger partial charge in [-0.3, -0.25) is 14.4 Å². The van der Waals surface area contributed by atoms with Crippen molar-refractivity contribution in [2.45, 2.75) is 58.4 Å². The molecule has 1 unspecified atom stereocenters. The van der Waals surface area contributed by atoms with Crippen LogP contribution in [-0.4, -0.2) is 73.0 Å². The molecule has 2 rings (SSSR count). The van der Waals surface area contributed by atoms with Crippen LogP contribution in [0.1, 0.15) is 52.4 Å². The molecule has 0 aromatic rings. The lowest BCUT2D eigenvalue weighted by molar-refractivity contribution is -0.143. The molecule has 3 amide bonds. The lowest BCUT2D eigenvalue weighted by atomic mass is 9.97. The summed E-state index contributed by atoms with van der Waals surface area (Å²) < 4.78 is 5.38. The monoisotopic (exact) mass is 367 g/mol. The predicted octanol–water partition coefficient (Wildman–Crippen LogP) is 1.17. The van der Waals surface area contributed by atoms with Gasteiger partial charge in [0.25, 0.3) is 0 Å². The predicted molar refractivity (Wildman–Crippen MR) is 98.4 cm³/mol. The van der Waals surface area contributed by atoms with E-state index < -0.39 is 0 Å². The largest absolute Gasteiger partial charge is 0.362 e. The fraction of sp³-hybridized carbons (Fsp3) is 0.842. The van der Waals surface area contributed by atoms with Crippen molar-refractivity contribution in [2.75, 3.05) is 39.4 Å². The molecule has 0 aromatic carbocycles. The maximum Gasteiger partial charge on any atom is 0.248 e. The molecule has 0 spiro atoms. The zero-order valence-electron chi connectivity index (χ0n) is 16.2. The molecule has 0 radical (unpaired) electrons. The molecule has 2 aliphatic rings. The molecule has 0 saturated carbocycles. The first-order valence-corrected chi connectivity index (χ1v) is 9.91. The number of rotatable bonds is 6. The SMILES string of the molecule is CC(C)NC(=O)C1CCCN(C(=O)COCC(=O)N2CCCCCC2)C1. The van der Waals surface area contributed by atoms with Gasteiger partial charge in [0.2, 0.25) is 17.7 Å². The van der Waals surface area contributed by atoms with Crippen molar-refractivity contribution in [3.63, 3.8) is 0 Å². The number of hydrogen-bond acceptors (Lipinski definition) is 4. The third kappa shape index (κ3) is 6.59. The number of likely N-dealkylation sites (tertiary alicyclic amines) is 2. The zero-order chi connectivity index (χ0) is 18.9. The summed E-state index contributed by atoms with van der Waals surface area (Å²) in [5.74, 6) is -0.327. The molecule has 1 N–H and O–H groups in total. The molecule has 0 aliphatic carbocycles. The van der Waals surface area contributed by atoms with Crippen LogP contribution in [-0.2, 0) is 19.1 Å². The van der Waals surface area contributed by atoms with Crippen LogP contribution in [0.4, 0.5) is 0 Å². The first-order chi connectivity index (χ1) is 12.5. The highest BCUT2D eigenvalue weighted by Crippen LogP contribution is 2.17. The van der Waals surface area contributed by atoms with E-state index >= 15 is 0 Å². The van der Waals surface area contributed by atoms with Gasteiger partial charge in [-0.25, -0.2) is 0 Å². The van der Waals surface area contributed by atoms with Crippen LogP contribution in [0.2, 0.25) is 0 Å². The molecular formula is C19H33N3O4. The molecular weight excluding hydrogens is 334 g/mol. The minimum Gasteiger partial charge on any atom is -0.362 e. The quantitative estimate of drug-likeness (QED) is 0.764. The van der Waals surface area contributed by atoms with Gasteiger partial charge in [0, 0.05) is 32.2 Å². The van der Waals surface area contributed by atoms with Gasteiger partial charge in [-0.1, -0.05) is 12.8 Å². The summed E-state index contributed by atoms with van der Waals surface area (Å²) >= 11 is 0. The second kappa shape index (κ2) is 10.5. The minimum atomic E-state index is -0.158. The second-order valence-corrected chi connectivity index (χ2v) is 7.63. The van der Waals surface area contributed by atoms with Crippen molar-refractivity contribution in [3.8, 4) is 0 Å². The van der Waals surface area contributed by atoms with Crippen molar-refractivity contribution in [2.24, 2.45) is 5.92 Å². The van der Waals surface area contributed by atoms with E-state index in [4.69, 9.17) is 4.74 Å². The van der Waals surface area contributed by atoms with E-state index in [9.17, 15) is 14.4 Å². The summed E-state index contributed by atoms with van der Waals surface area (Å²) in [6.45, 7) is 6.37. The molecule has 1 atom stereocenters. The number of amides is 3. The van der Waals surface area contributed by atoms with Crippen molar-refractivity contribution in [3.05, 3.63) is 0 Å². The highest BCUT2D eigenvalue weighted by atomic mass is 16.5. The summed E-state index contributed by atoms with van der Waals surface area (Å²) in [6, 6.07) is 0.0990. The number of piperidine rings is 1. The molecule has 26 heavy (non-hydrogen) atoms. The van der Waals surface area contributed by atoms with E-state index in [1.54, 1.807) is 4.90 Å². The van der Waals surface area contributed by atoms with Crippen molar-refractivity contribution in [1.29, 1.82) is 0 Å². The Morgan fingerprint density at radius 2 is 1.50 bits per heavy atom. The van der Waals surface area contributed by atoms with Gasteiger partial charge in [0.15, 0.2) is 0 Å². The van der Waals surface area contributed by atoms with E-state index in [1.165, 1.54) is 12.8 Å². The van der Waals surface area contributed by atoms with Gasteiger partial charge in [-0.15, -0.1) is 0 Å². The minimum absolute atomic E-state index is 0.00904. The highest BCUT2D eigenvalue weighted by molar-refractivity contribution is 5.82. The van der Waals surface area contributed by atoms with Crippen molar-refractivity contribution in [1.82, 2.24) is 15.1 Å². The Kier molecular flexibility index (Phi) is 8.35. The molecule has 2 aliphatic heterocycles. The molecule has 148 valence electrons. The first-order valence-electron chi connectivity index (χ1n) is 9.91. The van der Waals surface area contributed by atoms with Gasteiger partial charge >= 0.3 is 0 Å². The van der Waals surface area contributed by atoms with Gasteiger partial charge in [-0.05, 0) is 39.5 Å². The molecule has 0 aromatic heterocycles. The maximum atomic E-state index is 12.3. The Hall–Kier alpha value is -1.63. The molecule has 7 nitrogen and oxygen atoms in total. The fourth-order valence-corrected chi connectivity index (χ4v) is 3.55. The fourth-order valence-electron chi connectivity index (χ4n) is 3.55. The molecule has 2 heterocycles. The third-order valence-corrected chi connectivity index (χ3v) is 4.99. The Bertz CT molecular complexity index is 487. The maximum absolute atomic E-state index is 12.3. The summed E-state index contributed by atoms with van der Waals surface area (Å²) in [7, 11) is 0. The van der Waals surface area contributed by atoms with Gasteiger partial charge in [0.1, 0.15) is 13.2 Å². The third-order valence-electron chi connectivity index (χ3n) is 4.99. The van der Waals surface area contributed by atoms with E-state index in [-0.39, 0.29) is 42.9 Å². The topological polar surface area (TPSA) is 79.0 Å². The van der Waals surface area contributed by atoms with E-state index in [1.807, 2.05) is 18.7 Å². The van der Waals surface area contributed by atoms with Crippen LogP contribution >= 0.6 is 0 Å². The number of hydrogen-bond donors (Lipinski definition) is 1. The van der Waals surface area contributed by atoms with Gasteiger partial charge < -0.3 is 19.9 Å². The van der Waals surface area contributed by atoms with Crippen LogP contribution in [0, 0.1) is 5.92 Å². The number of carbonyl (C=O) groups excluding carboxylic acids is 3. The van der Waals surface area contributed by atoms with Gasteiger partial charge in [-0.2, -0.15) is 0 Å². The average Bonchev–Trinajstić information content (AvgIpc) is 2.90. The highest BCUT2D eigenvalue weighted by Gasteiger charge is 2.28. The van der Waals surface area contributed by atoms with E-state index in [2.05, 4.69) is 5.32 Å². The summed E-state index contributed by atoms with van der Waals surface area (Å²) in [4.78, 5) is 40.2. The lowest BCUT2D eigenvalue weighted by Gasteiger charge is -2.32. The van der Waals surface area contributed by atoms with E-state index in [0.717, 1.165) is 38.8 Å². The van der Waals surface area contributed by atoms with Crippen molar-refractivity contribution < 1.29 is 19.1 Å². The lowest BCUT2D eigenvalue weighted by Crippen LogP contribution is -2.47. The number of nitrogens with zero attached hydrogens (tertiary/aromatic N) is 2. The molecule has 2 fully saturated rings. The molecule has 2 saturated heterocycles. The standard InChI is InChI=1S/C19H33N3O4/c1-15(2)20-19(25)16-8-7-11-22(12-16)18(24)14-26-13-17(23)21-9-5-3-4-6-10-21/h15-16H,3-14H2,1-2H3,(H,20,25). The van der Waals surface area contributed by atoms with E-state index in [0.29, 0.717) is 13.1 Å². The van der Waals surface area contributed by atoms with Gasteiger partial charge in [0.05, 0.1) is 5.92 Å². The summed E-state index contributed by atoms with van der Waals surface area (Å²) in [5.41, 5.74) is 0. The van der Waals surface area contributed by atoms with Crippen LogP contribution in [0.5, 0.6) is 0 Å². The Labute approximate surface area is 156 Å². The zero-order valence-corrected chi connectivity index (χ0v) is 16.2. The molecule has 7 heteroatoms. The Morgan fingerprint density at radius 3 is 2.12 bits per heavy atom. The smallest absolute Gasteiger partial charge is 0.248 e. The number of ether oxygens (including phenoxy) is 1. The van der Waals surface area contributed by atoms with Crippen LogP contribution in [0.3, 0.4) is 0 Å². The Balaban J connectivity index is 1.71. The van der Waals surface area contributed by atoms with Crippen molar-refractivity contribution >= 4 is 17.7 Å². The van der Waals surface area contributed by atoms with Crippen LogP contribution in [0.25, 0.3) is 0 Å². The Morgan fingerprint density at radius 1 is 0.923 bits per heavy atom. The molecule has 0 bridgehead atoms. The number of carbonyl (C=O) groups is 3. The van der Waals surface area contributed by atoms with Crippen LogP contribution < -0.4 is 5.32 Å². The number of nitrogens with one attached hydrogen (secondary N) is 1. The summed E-state index contributed by atoms with van der Waals surface area (Å²) in [6.07, 6.45) is 6.04. The second-order valence-electron chi connectivity index (χ2n) is 7.63. The average molecular weight is 367 g/mol. The summed E-state index contributed by atoms with van der Waals surface area (Å²) in [5, 5.41) is 2.91.